The first kappa shape index (κ1) is 18.5. The van der Waals surface area contributed by atoms with Gasteiger partial charge in [0.2, 0.25) is 5.16 Å². The number of hydrogen-bond acceptors (Lipinski definition) is 6. The van der Waals surface area contributed by atoms with Crippen LogP contribution in [0, 0.1) is 0 Å². The summed E-state index contributed by atoms with van der Waals surface area (Å²) in [4.78, 5) is 12.6. The minimum Gasteiger partial charge on any atom is -0.490 e. The van der Waals surface area contributed by atoms with E-state index in [9.17, 15) is 4.79 Å². The number of aromatic nitrogens is 4. The van der Waals surface area contributed by atoms with Gasteiger partial charge in [-0.05, 0) is 84.8 Å². The van der Waals surface area contributed by atoms with E-state index in [0.717, 1.165) is 24.3 Å². The highest BCUT2D eigenvalue weighted by atomic mass is 32.2. The second-order valence-corrected chi connectivity index (χ2v) is 7.40. The average Bonchev–Trinajstić information content (AvgIpc) is 3.40. The van der Waals surface area contributed by atoms with Gasteiger partial charge in [-0.3, -0.25) is 4.79 Å². The van der Waals surface area contributed by atoms with Crippen LogP contribution >= 0.6 is 11.8 Å². The molecule has 0 radical (unpaired) electrons. The molecule has 144 valence electrons. The van der Waals surface area contributed by atoms with Gasteiger partial charge in [-0.15, -0.1) is 5.10 Å². The second kappa shape index (κ2) is 8.43. The van der Waals surface area contributed by atoms with Crippen molar-refractivity contribution in [3.8, 4) is 11.4 Å². The lowest BCUT2D eigenvalue weighted by atomic mass is 10.2. The van der Waals surface area contributed by atoms with Crippen molar-refractivity contribution in [1.82, 2.24) is 20.2 Å². The minimum atomic E-state index is -0.175. The molecular formula is C20H21N5O2S. The molecule has 0 atom stereocenters. The summed E-state index contributed by atoms with van der Waals surface area (Å²) >= 11 is 1.45. The van der Waals surface area contributed by atoms with E-state index in [1.54, 1.807) is 16.8 Å². The highest BCUT2D eigenvalue weighted by Gasteiger charge is 2.16. The van der Waals surface area contributed by atoms with Gasteiger partial charge in [-0.2, -0.15) is 4.68 Å². The second-order valence-electron chi connectivity index (χ2n) is 6.63. The number of hydrogen-bond donors (Lipinski definition) is 1. The number of ether oxygens (including phenoxy) is 1. The molecule has 1 fully saturated rings. The van der Waals surface area contributed by atoms with Gasteiger partial charge in [0.25, 0.3) is 5.91 Å². The van der Waals surface area contributed by atoms with Gasteiger partial charge in [0.05, 0.1) is 11.8 Å². The maximum atomic E-state index is 12.6. The van der Waals surface area contributed by atoms with E-state index in [2.05, 4.69) is 20.8 Å². The number of rotatable bonds is 6. The summed E-state index contributed by atoms with van der Waals surface area (Å²) in [6, 6.07) is 14.7. The normalized spacial score (nSPS) is 14.2. The molecule has 8 heteroatoms. The van der Waals surface area contributed by atoms with Gasteiger partial charge >= 0.3 is 0 Å². The molecule has 1 heterocycles. The Hall–Kier alpha value is -2.87. The van der Waals surface area contributed by atoms with E-state index in [4.69, 9.17) is 4.74 Å². The molecule has 0 unspecified atom stereocenters. The Balaban J connectivity index is 1.44. The summed E-state index contributed by atoms with van der Waals surface area (Å²) in [6.07, 6.45) is 6.89. The lowest BCUT2D eigenvalue weighted by molar-refractivity contribution is 0.102. The Kier molecular flexibility index (Phi) is 5.57. The van der Waals surface area contributed by atoms with E-state index in [1.807, 2.05) is 42.7 Å². The molecule has 4 rings (SSSR count). The molecule has 1 saturated carbocycles. The van der Waals surface area contributed by atoms with Crippen molar-refractivity contribution >= 4 is 23.4 Å². The zero-order valence-electron chi connectivity index (χ0n) is 15.5. The molecular weight excluding hydrogens is 374 g/mol. The van der Waals surface area contributed by atoms with E-state index in [-0.39, 0.29) is 5.91 Å². The Labute approximate surface area is 167 Å². The fourth-order valence-electron chi connectivity index (χ4n) is 3.27. The largest absolute Gasteiger partial charge is 0.490 e. The molecule has 0 spiro atoms. The highest BCUT2D eigenvalue weighted by molar-refractivity contribution is 7.98. The van der Waals surface area contributed by atoms with Gasteiger partial charge in [-0.25, -0.2) is 0 Å². The van der Waals surface area contributed by atoms with Crippen molar-refractivity contribution in [2.24, 2.45) is 0 Å². The zero-order chi connectivity index (χ0) is 19.3. The van der Waals surface area contributed by atoms with Crippen molar-refractivity contribution in [3.63, 3.8) is 0 Å². The summed E-state index contributed by atoms with van der Waals surface area (Å²) in [5.41, 5.74) is 2.04. The summed E-state index contributed by atoms with van der Waals surface area (Å²) in [7, 11) is 0. The standard InChI is InChI=1S/C20H21N5O2S/c1-28-20-22-23-24-25(20)16-6-4-5-15(13-16)21-19(26)14-9-11-18(12-10-14)27-17-7-2-3-8-17/h4-6,9-13,17H,2-3,7-8H2,1H3,(H,21,26). The molecule has 1 aromatic heterocycles. The molecule has 0 aliphatic heterocycles. The van der Waals surface area contributed by atoms with Crippen LogP contribution in [0.5, 0.6) is 5.75 Å². The van der Waals surface area contributed by atoms with Crippen molar-refractivity contribution in [3.05, 3.63) is 54.1 Å². The number of carbonyl (C=O) groups is 1. The average molecular weight is 395 g/mol. The number of tetrazole rings is 1. The van der Waals surface area contributed by atoms with Crippen LogP contribution in [0.1, 0.15) is 36.0 Å². The molecule has 1 amide bonds. The number of nitrogens with one attached hydrogen (secondary N) is 1. The Morgan fingerprint density at radius 3 is 2.71 bits per heavy atom. The molecule has 28 heavy (non-hydrogen) atoms. The lowest BCUT2D eigenvalue weighted by Crippen LogP contribution is -2.13. The number of thioether (sulfide) groups is 1. The van der Waals surface area contributed by atoms with Crippen LogP contribution < -0.4 is 10.1 Å². The first-order valence-electron chi connectivity index (χ1n) is 9.24. The molecule has 2 aromatic carbocycles. The molecule has 1 aliphatic rings. The first-order chi connectivity index (χ1) is 13.7. The highest BCUT2D eigenvalue weighted by Crippen LogP contribution is 2.24. The van der Waals surface area contributed by atoms with Crippen LogP contribution in [-0.4, -0.2) is 38.5 Å². The van der Waals surface area contributed by atoms with E-state index in [1.165, 1.54) is 24.6 Å². The number of benzene rings is 2. The first-order valence-corrected chi connectivity index (χ1v) is 10.5. The minimum absolute atomic E-state index is 0.175. The van der Waals surface area contributed by atoms with Gasteiger partial charge in [0, 0.05) is 11.3 Å². The quantitative estimate of drug-likeness (QED) is 0.636. The van der Waals surface area contributed by atoms with Crippen LogP contribution in [0.4, 0.5) is 5.69 Å². The number of amides is 1. The Bertz CT molecular complexity index is 951. The predicted octanol–water partition coefficient (Wildman–Crippen LogP) is 3.96. The third-order valence-electron chi connectivity index (χ3n) is 4.69. The van der Waals surface area contributed by atoms with E-state index >= 15 is 0 Å². The third kappa shape index (κ3) is 4.17. The predicted molar refractivity (Wildman–Crippen MR) is 108 cm³/mol. The molecule has 0 bridgehead atoms. The molecule has 1 N–H and O–H groups in total. The summed E-state index contributed by atoms with van der Waals surface area (Å²) < 4.78 is 7.59. The van der Waals surface area contributed by atoms with Gasteiger partial charge < -0.3 is 10.1 Å². The molecule has 1 aliphatic carbocycles. The fourth-order valence-corrected chi connectivity index (χ4v) is 3.70. The Morgan fingerprint density at radius 1 is 1.18 bits per heavy atom. The fraction of sp³-hybridized carbons (Fsp3) is 0.300. The van der Waals surface area contributed by atoms with Crippen LogP contribution in [-0.2, 0) is 0 Å². The summed E-state index contributed by atoms with van der Waals surface area (Å²) in [5, 5.41) is 15.3. The number of carbonyl (C=O) groups excluding carboxylic acids is 1. The van der Waals surface area contributed by atoms with Crippen LogP contribution in [0.2, 0.25) is 0 Å². The van der Waals surface area contributed by atoms with Crippen molar-refractivity contribution in [2.45, 2.75) is 36.9 Å². The van der Waals surface area contributed by atoms with Crippen LogP contribution in [0.15, 0.2) is 53.7 Å². The molecule has 0 saturated heterocycles. The Morgan fingerprint density at radius 2 is 1.96 bits per heavy atom. The van der Waals surface area contributed by atoms with Gasteiger partial charge in [-0.1, -0.05) is 17.8 Å². The smallest absolute Gasteiger partial charge is 0.255 e. The van der Waals surface area contributed by atoms with Crippen LogP contribution in [0.3, 0.4) is 0 Å². The van der Waals surface area contributed by atoms with Crippen molar-refractivity contribution in [2.75, 3.05) is 11.6 Å². The zero-order valence-corrected chi connectivity index (χ0v) is 16.4. The monoisotopic (exact) mass is 395 g/mol. The topological polar surface area (TPSA) is 81.9 Å². The number of nitrogens with zero attached hydrogens (tertiary/aromatic N) is 4. The summed E-state index contributed by atoms with van der Waals surface area (Å²) in [6.45, 7) is 0. The SMILES string of the molecule is CSc1nnnn1-c1cccc(NC(=O)c2ccc(OC3CCCC3)cc2)c1. The molecule has 7 nitrogen and oxygen atoms in total. The maximum absolute atomic E-state index is 12.6. The van der Waals surface area contributed by atoms with Crippen molar-refractivity contribution in [1.29, 1.82) is 0 Å². The van der Waals surface area contributed by atoms with Gasteiger partial charge in [0.15, 0.2) is 0 Å². The third-order valence-corrected chi connectivity index (χ3v) is 5.31. The van der Waals surface area contributed by atoms with Crippen LogP contribution in [0.25, 0.3) is 5.69 Å². The van der Waals surface area contributed by atoms with Crippen molar-refractivity contribution < 1.29 is 9.53 Å². The number of anilines is 1. The summed E-state index contributed by atoms with van der Waals surface area (Å²) in [5.74, 6) is 0.639. The van der Waals surface area contributed by atoms with E-state index < -0.39 is 0 Å². The molecule has 3 aromatic rings. The van der Waals surface area contributed by atoms with E-state index in [0.29, 0.717) is 22.5 Å². The lowest BCUT2D eigenvalue weighted by Gasteiger charge is -2.13. The maximum Gasteiger partial charge on any atom is 0.255 e. The van der Waals surface area contributed by atoms with Gasteiger partial charge in [0.1, 0.15) is 5.75 Å².